The van der Waals surface area contributed by atoms with Crippen LogP contribution in [0.2, 0.25) is 0 Å². The van der Waals surface area contributed by atoms with E-state index in [1.54, 1.807) is 50.6 Å². The molecule has 0 unspecified atom stereocenters. The van der Waals surface area contributed by atoms with Crippen molar-refractivity contribution in [2.24, 2.45) is 0 Å². The molecule has 4 aromatic rings. The summed E-state index contributed by atoms with van der Waals surface area (Å²) in [5.41, 5.74) is 1.35. The predicted octanol–water partition coefficient (Wildman–Crippen LogP) is 4.33. The number of carbonyl (C=O) groups excluding carboxylic acids is 1. The van der Waals surface area contributed by atoms with E-state index in [4.69, 9.17) is 23.9 Å². The second-order valence-corrected chi connectivity index (χ2v) is 7.86. The van der Waals surface area contributed by atoms with E-state index in [0.717, 1.165) is 10.4 Å². The summed E-state index contributed by atoms with van der Waals surface area (Å²) in [5, 5.41) is 0.493. The Morgan fingerprint density at radius 2 is 1.58 bits per heavy atom. The number of pyridine rings is 1. The van der Waals surface area contributed by atoms with Crippen LogP contribution in [-0.2, 0) is 11.3 Å². The lowest BCUT2D eigenvalue weighted by molar-refractivity contribution is -0.120. The largest absolute Gasteiger partial charge is 0.495 e. The number of para-hydroxylation sites is 2. The van der Waals surface area contributed by atoms with Crippen molar-refractivity contribution in [3.63, 3.8) is 0 Å². The Morgan fingerprint density at radius 3 is 2.27 bits per heavy atom. The van der Waals surface area contributed by atoms with Gasteiger partial charge in [-0.2, -0.15) is 0 Å². The normalized spacial score (nSPS) is 10.6. The van der Waals surface area contributed by atoms with E-state index < -0.39 is 0 Å². The van der Waals surface area contributed by atoms with Gasteiger partial charge in [-0.15, -0.1) is 0 Å². The molecule has 4 rings (SSSR count). The van der Waals surface area contributed by atoms with E-state index >= 15 is 0 Å². The summed E-state index contributed by atoms with van der Waals surface area (Å²) in [6.07, 6.45) is 1.69. The third kappa shape index (κ3) is 4.83. The highest BCUT2D eigenvalue weighted by molar-refractivity contribution is 7.22. The van der Waals surface area contributed by atoms with E-state index in [9.17, 15) is 4.79 Å². The SMILES string of the molecule is COc1ccccc1OCC(=O)N(Cc1ccccn1)c1nc2c(OC)ccc(OC)c2s1. The number of fused-ring (bicyclic) bond motifs is 1. The average Bonchev–Trinajstić information content (AvgIpc) is 3.31. The number of carbonyl (C=O) groups is 1. The summed E-state index contributed by atoms with van der Waals surface area (Å²) in [6, 6.07) is 16.4. The van der Waals surface area contributed by atoms with Gasteiger partial charge in [0.1, 0.15) is 21.7 Å². The average molecular weight is 466 g/mol. The van der Waals surface area contributed by atoms with Crippen LogP contribution in [-0.4, -0.2) is 43.8 Å². The number of anilines is 1. The first-order valence-corrected chi connectivity index (χ1v) is 10.9. The molecule has 0 atom stereocenters. The summed E-state index contributed by atoms with van der Waals surface area (Å²) in [5.74, 6) is 2.02. The van der Waals surface area contributed by atoms with Gasteiger partial charge in [0.15, 0.2) is 23.2 Å². The van der Waals surface area contributed by atoms with E-state index in [2.05, 4.69) is 4.98 Å². The van der Waals surface area contributed by atoms with Crippen molar-refractivity contribution in [3.05, 3.63) is 66.5 Å². The molecule has 0 saturated carbocycles. The molecule has 2 aromatic carbocycles. The first-order chi connectivity index (χ1) is 16.1. The Kier molecular flexibility index (Phi) is 6.89. The minimum absolute atomic E-state index is 0.197. The van der Waals surface area contributed by atoms with Crippen LogP contribution in [0.3, 0.4) is 0 Å². The van der Waals surface area contributed by atoms with Gasteiger partial charge in [0, 0.05) is 6.20 Å². The maximum absolute atomic E-state index is 13.3. The molecule has 8 nitrogen and oxygen atoms in total. The zero-order valence-electron chi connectivity index (χ0n) is 18.5. The topological polar surface area (TPSA) is 83.0 Å². The molecule has 170 valence electrons. The Balaban J connectivity index is 1.68. The third-order valence-electron chi connectivity index (χ3n) is 4.90. The van der Waals surface area contributed by atoms with Crippen molar-refractivity contribution in [2.45, 2.75) is 6.54 Å². The maximum Gasteiger partial charge on any atom is 0.267 e. The molecule has 0 aliphatic rings. The smallest absolute Gasteiger partial charge is 0.267 e. The lowest BCUT2D eigenvalue weighted by Crippen LogP contribution is -2.34. The first kappa shape index (κ1) is 22.3. The second-order valence-electron chi connectivity index (χ2n) is 6.88. The van der Waals surface area contributed by atoms with E-state index in [1.165, 1.54) is 11.3 Å². The lowest BCUT2D eigenvalue weighted by Gasteiger charge is -2.20. The monoisotopic (exact) mass is 465 g/mol. The highest BCUT2D eigenvalue weighted by Gasteiger charge is 2.24. The van der Waals surface area contributed by atoms with E-state index in [0.29, 0.717) is 33.6 Å². The van der Waals surface area contributed by atoms with Crippen LogP contribution in [0.4, 0.5) is 5.13 Å². The summed E-state index contributed by atoms with van der Waals surface area (Å²) in [6.45, 7) is 0.0385. The van der Waals surface area contributed by atoms with E-state index in [-0.39, 0.29) is 19.1 Å². The van der Waals surface area contributed by atoms with Gasteiger partial charge >= 0.3 is 0 Å². The molecule has 0 aliphatic heterocycles. The predicted molar refractivity (Wildman–Crippen MR) is 127 cm³/mol. The zero-order chi connectivity index (χ0) is 23.2. The summed E-state index contributed by atoms with van der Waals surface area (Å²) < 4.78 is 22.8. The van der Waals surface area contributed by atoms with Gasteiger partial charge in [0.2, 0.25) is 0 Å². The summed E-state index contributed by atoms with van der Waals surface area (Å²) in [7, 11) is 4.73. The Bertz CT molecular complexity index is 1200. The number of rotatable bonds is 9. The standard InChI is InChI=1S/C24H23N3O5S/c1-29-17-9-4-5-10-18(17)32-15-21(28)27(14-16-8-6-7-13-25-16)24-26-22-19(30-2)11-12-20(31-3)23(22)33-24/h4-13H,14-15H2,1-3H3. The molecule has 0 saturated heterocycles. The molecule has 2 heterocycles. The van der Waals surface area contributed by atoms with Gasteiger partial charge < -0.3 is 18.9 Å². The molecule has 1 amide bonds. The second kappa shape index (κ2) is 10.2. The first-order valence-electron chi connectivity index (χ1n) is 10.1. The molecule has 0 N–H and O–H groups in total. The fourth-order valence-corrected chi connectivity index (χ4v) is 4.35. The third-order valence-corrected chi connectivity index (χ3v) is 5.99. The van der Waals surface area contributed by atoms with Crippen LogP contribution in [0.15, 0.2) is 60.8 Å². The number of thiazole rings is 1. The van der Waals surface area contributed by atoms with Gasteiger partial charge in [-0.25, -0.2) is 4.98 Å². The van der Waals surface area contributed by atoms with Gasteiger partial charge in [-0.3, -0.25) is 14.7 Å². The Labute approximate surface area is 195 Å². The van der Waals surface area contributed by atoms with E-state index in [1.807, 2.05) is 36.4 Å². The van der Waals surface area contributed by atoms with Crippen molar-refractivity contribution in [1.29, 1.82) is 0 Å². The lowest BCUT2D eigenvalue weighted by atomic mass is 10.3. The number of aromatic nitrogens is 2. The number of hydrogen-bond acceptors (Lipinski definition) is 8. The van der Waals surface area contributed by atoms with Gasteiger partial charge in [-0.05, 0) is 36.4 Å². The van der Waals surface area contributed by atoms with Crippen LogP contribution in [0.5, 0.6) is 23.0 Å². The van der Waals surface area contributed by atoms with Crippen LogP contribution in [0.25, 0.3) is 10.2 Å². The van der Waals surface area contributed by atoms with Crippen LogP contribution < -0.4 is 23.8 Å². The summed E-state index contributed by atoms with van der Waals surface area (Å²) >= 11 is 1.34. The highest BCUT2D eigenvalue weighted by atomic mass is 32.1. The molecule has 0 bridgehead atoms. The number of hydrogen-bond donors (Lipinski definition) is 0. The molecular weight excluding hydrogens is 442 g/mol. The quantitative estimate of drug-likeness (QED) is 0.364. The number of ether oxygens (including phenoxy) is 4. The number of methoxy groups -OCH3 is 3. The Morgan fingerprint density at radius 1 is 0.879 bits per heavy atom. The van der Waals surface area contributed by atoms with Crippen molar-refractivity contribution in [3.8, 4) is 23.0 Å². The maximum atomic E-state index is 13.3. The molecule has 9 heteroatoms. The van der Waals surface area contributed by atoms with Crippen molar-refractivity contribution in [2.75, 3.05) is 32.8 Å². The Hall–Kier alpha value is -3.85. The highest BCUT2D eigenvalue weighted by Crippen LogP contribution is 2.40. The van der Waals surface area contributed by atoms with Crippen LogP contribution in [0, 0.1) is 0 Å². The number of nitrogens with zero attached hydrogens (tertiary/aromatic N) is 3. The number of benzene rings is 2. The van der Waals surface area contributed by atoms with Crippen molar-refractivity contribution >= 4 is 32.6 Å². The minimum atomic E-state index is -0.274. The zero-order valence-corrected chi connectivity index (χ0v) is 19.3. The molecule has 0 fully saturated rings. The fraction of sp³-hybridized carbons (Fsp3) is 0.208. The molecule has 2 aromatic heterocycles. The van der Waals surface area contributed by atoms with Crippen molar-refractivity contribution < 1.29 is 23.7 Å². The molecule has 0 spiro atoms. The van der Waals surface area contributed by atoms with Gasteiger partial charge in [0.05, 0.1) is 33.6 Å². The van der Waals surface area contributed by atoms with Crippen LogP contribution >= 0.6 is 11.3 Å². The summed E-state index contributed by atoms with van der Waals surface area (Å²) in [4.78, 5) is 24.0. The number of amides is 1. The molecular formula is C24H23N3O5S. The van der Waals surface area contributed by atoms with Gasteiger partial charge in [0.25, 0.3) is 5.91 Å². The molecule has 0 radical (unpaired) electrons. The minimum Gasteiger partial charge on any atom is -0.495 e. The fourth-order valence-electron chi connectivity index (χ4n) is 3.26. The molecule has 0 aliphatic carbocycles. The van der Waals surface area contributed by atoms with Crippen LogP contribution in [0.1, 0.15) is 5.69 Å². The van der Waals surface area contributed by atoms with Gasteiger partial charge in [-0.1, -0.05) is 29.5 Å². The molecule has 33 heavy (non-hydrogen) atoms. The van der Waals surface area contributed by atoms with Crippen molar-refractivity contribution in [1.82, 2.24) is 9.97 Å².